The van der Waals surface area contributed by atoms with Crippen molar-refractivity contribution in [1.29, 1.82) is 0 Å². The van der Waals surface area contributed by atoms with E-state index in [1.54, 1.807) is 0 Å². The molecule has 0 aliphatic heterocycles. The van der Waals surface area contributed by atoms with E-state index in [1.807, 2.05) is 0 Å². The topological polar surface area (TPSA) is 35.5 Å². The first-order chi connectivity index (χ1) is 7.33. The summed E-state index contributed by atoms with van der Waals surface area (Å²) in [5.74, 6) is 4.40. The lowest BCUT2D eigenvalue weighted by Crippen LogP contribution is -2.02. The molecular weight excluding hydrogens is 192 g/mol. The van der Waals surface area contributed by atoms with Crippen LogP contribution in [0.3, 0.4) is 0 Å². The molecule has 0 heterocycles. The molecule has 0 fully saturated rings. The number of carbonyl (C=O) groups is 1. The second-order valence-electron chi connectivity index (χ2n) is 3.39. The minimum atomic E-state index is -0.518. The van der Waals surface area contributed by atoms with E-state index in [-0.39, 0.29) is 6.61 Å². The van der Waals surface area contributed by atoms with Gasteiger partial charge >= 0.3 is 5.97 Å². The number of allylic oxidation sites excluding steroid dienone is 1. The highest BCUT2D eigenvalue weighted by molar-refractivity contribution is 5.88. The third-order valence-corrected chi connectivity index (χ3v) is 2.22. The summed E-state index contributed by atoms with van der Waals surface area (Å²) >= 11 is 0. The van der Waals surface area contributed by atoms with Crippen molar-refractivity contribution in [2.75, 3.05) is 20.3 Å². The average Bonchev–Trinajstić information content (AvgIpc) is 2.29. The maximum atomic E-state index is 10.6. The number of carbonyl (C=O) groups excluding carboxylic acids is 1. The van der Waals surface area contributed by atoms with Crippen LogP contribution in [0.4, 0.5) is 0 Å². The van der Waals surface area contributed by atoms with Crippen molar-refractivity contribution in [3.8, 4) is 11.8 Å². The number of hydrogen-bond acceptors (Lipinski definition) is 3. The van der Waals surface area contributed by atoms with E-state index in [4.69, 9.17) is 4.74 Å². The van der Waals surface area contributed by atoms with Crippen molar-refractivity contribution < 1.29 is 14.3 Å². The minimum Gasteiger partial charge on any atom is -0.459 e. The summed E-state index contributed by atoms with van der Waals surface area (Å²) in [6.45, 7) is 0.919. The summed E-state index contributed by atoms with van der Waals surface area (Å²) in [4.78, 5) is 10.6. The zero-order valence-corrected chi connectivity index (χ0v) is 9.04. The van der Waals surface area contributed by atoms with Gasteiger partial charge in [-0.3, -0.25) is 0 Å². The molecule has 0 N–H and O–H groups in total. The molecule has 82 valence electrons. The Hall–Kier alpha value is -1.27. The van der Waals surface area contributed by atoms with Crippen molar-refractivity contribution in [3.05, 3.63) is 11.6 Å². The first-order valence-electron chi connectivity index (χ1n) is 5.15. The molecule has 3 nitrogen and oxygen atoms in total. The first-order valence-corrected chi connectivity index (χ1v) is 5.15. The van der Waals surface area contributed by atoms with E-state index < -0.39 is 5.97 Å². The van der Waals surface area contributed by atoms with E-state index in [1.165, 1.54) is 25.5 Å². The van der Waals surface area contributed by atoms with Crippen LogP contribution in [-0.4, -0.2) is 26.3 Å². The number of hydrogen-bond donors (Lipinski definition) is 0. The van der Waals surface area contributed by atoms with Crippen LogP contribution in [0.5, 0.6) is 0 Å². The zero-order valence-electron chi connectivity index (χ0n) is 9.04. The highest BCUT2D eigenvalue weighted by Crippen LogP contribution is 2.16. The minimum absolute atomic E-state index is 0.284. The SMILES string of the molecule is COC(=O)C#CCOCC1=CCCCC1. The molecule has 1 aliphatic carbocycles. The van der Waals surface area contributed by atoms with E-state index in [2.05, 4.69) is 22.7 Å². The summed E-state index contributed by atoms with van der Waals surface area (Å²) in [5.41, 5.74) is 1.35. The van der Waals surface area contributed by atoms with Crippen LogP contribution in [-0.2, 0) is 14.3 Å². The lowest BCUT2D eigenvalue weighted by atomic mass is 10.0. The molecule has 1 aliphatic rings. The summed E-state index contributed by atoms with van der Waals surface area (Å²) < 4.78 is 9.69. The Kier molecular flexibility index (Phi) is 5.57. The van der Waals surface area contributed by atoms with E-state index in [0.29, 0.717) is 6.61 Å². The van der Waals surface area contributed by atoms with Crippen LogP contribution in [0.1, 0.15) is 25.7 Å². The van der Waals surface area contributed by atoms with Crippen LogP contribution < -0.4 is 0 Å². The Morgan fingerprint density at radius 2 is 2.40 bits per heavy atom. The van der Waals surface area contributed by atoms with Crippen LogP contribution in [0, 0.1) is 11.8 Å². The van der Waals surface area contributed by atoms with Gasteiger partial charge < -0.3 is 9.47 Å². The van der Waals surface area contributed by atoms with Crippen molar-refractivity contribution in [2.45, 2.75) is 25.7 Å². The van der Waals surface area contributed by atoms with Crippen molar-refractivity contribution in [2.24, 2.45) is 0 Å². The fraction of sp³-hybridized carbons (Fsp3) is 0.583. The fourth-order valence-electron chi connectivity index (χ4n) is 1.43. The number of rotatable bonds is 3. The van der Waals surface area contributed by atoms with Gasteiger partial charge in [0.2, 0.25) is 0 Å². The van der Waals surface area contributed by atoms with Gasteiger partial charge in [-0.05, 0) is 31.3 Å². The van der Waals surface area contributed by atoms with Gasteiger partial charge in [-0.2, -0.15) is 0 Å². The monoisotopic (exact) mass is 208 g/mol. The number of esters is 1. The molecule has 0 radical (unpaired) electrons. The lowest BCUT2D eigenvalue weighted by Gasteiger charge is -2.11. The Bertz CT molecular complexity index is 294. The Labute approximate surface area is 90.4 Å². The van der Waals surface area contributed by atoms with E-state index >= 15 is 0 Å². The second-order valence-corrected chi connectivity index (χ2v) is 3.39. The number of ether oxygens (including phenoxy) is 2. The van der Waals surface area contributed by atoms with Gasteiger partial charge in [-0.15, -0.1) is 0 Å². The summed E-state index contributed by atoms with van der Waals surface area (Å²) in [6.07, 6.45) is 7.06. The van der Waals surface area contributed by atoms with Gasteiger partial charge in [-0.1, -0.05) is 12.0 Å². The molecule has 0 aromatic carbocycles. The van der Waals surface area contributed by atoms with E-state index in [9.17, 15) is 4.79 Å². The van der Waals surface area contributed by atoms with Gasteiger partial charge in [0.25, 0.3) is 0 Å². The normalized spacial score (nSPS) is 14.9. The standard InChI is InChI=1S/C12H16O3/c1-14-12(13)8-5-9-15-10-11-6-3-2-4-7-11/h6H,2-4,7,9-10H2,1H3. The maximum Gasteiger partial charge on any atom is 0.384 e. The molecule has 0 bridgehead atoms. The number of methoxy groups -OCH3 is 1. The van der Waals surface area contributed by atoms with Crippen molar-refractivity contribution in [3.63, 3.8) is 0 Å². The highest BCUT2D eigenvalue weighted by atomic mass is 16.5. The predicted octanol–water partition coefficient (Wildman–Crippen LogP) is 1.68. The smallest absolute Gasteiger partial charge is 0.384 e. The lowest BCUT2D eigenvalue weighted by molar-refractivity contribution is -0.133. The molecular formula is C12H16O3. The maximum absolute atomic E-state index is 10.6. The van der Waals surface area contributed by atoms with Crippen molar-refractivity contribution in [1.82, 2.24) is 0 Å². The summed E-state index contributed by atoms with van der Waals surface area (Å²) in [6, 6.07) is 0. The van der Waals surface area contributed by atoms with E-state index in [0.717, 1.165) is 12.8 Å². The van der Waals surface area contributed by atoms with Crippen LogP contribution in [0.15, 0.2) is 11.6 Å². The third kappa shape index (κ3) is 5.24. The molecule has 15 heavy (non-hydrogen) atoms. The van der Waals surface area contributed by atoms with Crippen LogP contribution in [0.2, 0.25) is 0 Å². The van der Waals surface area contributed by atoms with Crippen molar-refractivity contribution >= 4 is 5.97 Å². The van der Waals surface area contributed by atoms with Gasteiger partial charge in [0.1, 0.15) is 6.61 Å². The Morgan fingerprint density at radius 3 is 3.07 bits per heavy atom. The van der Waals surface area contributed by atoms with Crippen LogP contribution in [0.25, 0.3) is 0 Å². The van der Waals surface area contributed by atoms with Gasteiger partial charge in [0.15, 0.2) is 0 Å². The second kappa shape index (κ2) is 7.08. The fourth-order valence-corrected chi connectivity index (χ4v) is 1.43. The Balaban J connectivity index is 2.12. The molecule has 0 spiro atoms. The Morgan fingerprint density at radius 1 is 1.53 bits per heavy atom. The van der Waals surface area contributed by atoms with Gasteiger partial charge in [0.05, 0.1) is 13.7 Å². The molecule has 0 aromatic heterocycles. The van der Waals surface area contributed by atoms with Gasteiger partial charge in [0, 0.05) is 5.92 Å². The first kappa shape index (κ1) is 11.8. The van der Waals surface area contributed by atoms with Crippen LogP contribution >= 0.6 is 0 Å². The molecule has 0 amide bonds. The summed E-state index contributed by atoms with van der Waals surface area (Å²) in [5, 5.41) is 0. The molecule has 0 atom stereocenters. The van der Waals surface area contributed by atoms with Gasteiger partial charge in [-0.25, -0.2) is 4.79 Å². The molecule has 3 heteroatoms. The zero-order chi connectivity index (χ0) is 10.9. The largest absolute Gasteiger partial charge is 0.459 e. The molecule has 0 unspecified atom stereocenters. The average molecular weight is 208 g/mol. The molecule has 0 saturated heterocycles. The quantitative estimate of drug-likeness (QED) is 0.233. The summed E-state index contributed by atoms with van der Waals surface area (Å²) in [7, 11) is 1.31. The third-order valence-electron chi connectivity index (χ3n) is 2.22. The molecule has 0 aromatic rings. The molecule has 1 rings (SSSR count). The predicted molar refractivity (Wildman–Crippen MR) is 57.2 cm³/mol. The molecule has 0 saturated carbocycles. The highest BCUT2D eigenvalue weighted by Gasteiger charge is 2.02.